The molecule has 0 aliphatic heterocycles. The largest absolute Gasteiger partial charge is 0.493 e. The highest BCUT2D eigenvalue weighted by Gasteiger charge is 2.11. The summed E-state index contributed by atoms with van der Waals surface area (Å²) in [5.41, 5.74) is 7.19. The molecule has 0 amide bonds. The second-order valence-electron chi connectivity index (χ2n) is 5.20. The number of hydrogen-bond donors (Lipinski definition) is 1. The van der Waals surface area contributed by atoms with Crippen molar-refractivity contribution in [1.29, 1.82) is 0 Å². The molecule has 1 atom stereocenters. The van der Waals surface area contributed by atoms with Gasteiger partial charge in [0.1, 0.15) is 11.5 Å². The van der Waals surface area contributed by atoms with Crippen molar-refractivity contribution in [3.63, 3.8) is 0 Å². The van der Waals surface area contributed by atoms with Crippen LogP contribution in [0.1, 0.15) is 52.0 Å². The molecule has 1 unspecified atom stereocenters. The van der Waals surface area contributed by atoms with Gasteiger partial charge < -0.3 is 15.2 Å². The summed E-state index contributed by atoms with van der Waals surface area (Å²) in [6.45, 7) is 7.32. The minimum absolute atomic E-state index is 0.295. The molecule has 0 aliphatic rings. The smallest absolute Gasteiger partial charge is 0.141 e. The highest BCUT2D eigenvalue weighted by molar-refractivity contribution is 6.32. The molecule has 0 aliphatic carbocycles. The first-order valence-corrected chi connectivity index (χ1v) is 8.33. The quantitative estimate of drug-likeness (QED) is 0.687. The summed E-state index contributed by atoms with van der Waals surface area (Å²) in [6.07, 6.45) is 5.23. The van der Waals surface area contributed by atoms with E-state index in [1.165, 1.54) is 0 Å². The normalized spacial score (nSPS) is 12.2. The van der Waals surface area contributed by atoms with Gasteiger partial charge in [0.2, 0.25) is 0 Å². The molecule has 0 fully saturated rings. The van der Waals surface area contributed by atoms with Crippen LogP contribution in [0.3, 0.4) is 0 Å². The van der Waals surface area contributed by atoms with Crippen LogP contribution in [0.25, 0.3) is 0 Å². The molecule has 2 N–H and O–H groups in total. The monoisotopic (exact) mass is 313 g/mol. The number of nitrogens with two attached hydrogens (primary N) is 1. The zero-order valence-corrected chi connectivity index (χ0v) is 14.2. The van der Waals surface area contributed by atoms with Gasteiger partial charge in [-0.15, -0.1) is 0 Å². The molecule has 1 aromatic carbocycles. The minimum Gasteiger partial charge on any atom is -0.493 e. The fourth-order valence-electron chi connectivity index (χ4n) is 2.40. The van der Waals surface area contributed by atoms with Crippen LogP contribution in [-0.4, -0.2) is 19.3 Å². The van der Waals surface area contributed by atoms with Gasteiger partial charge in [0, 0.05) is 12.1 Å². The Hall–Kier alpha value is -0.930. The SMILES string of the molecule is CCCC(N)CCCc1cc(Cl)c(OCC)cc1OCC. The lowest BCUT2D eigenvalue weighted by molar-refractivity contribution is 0.320. The molecule has 0 spiro atoms. The Balaban J connectivity index is 2.72. The Morgan fingerprint density at radius 2 is 1.71 bits per heavy atom. The Morgan fingerprint density at radius 1 is 1.05 bits per heavy atom. The van der Waals surface area contributed by atoms with Gasteiger partial charge in [-0.2, -0.15) is 0 Å². The topological polar surface area (TPSA) is 44.5 Å². The van der Waals surface area contributed by atoms with E-state index in [-0.39, 0.29) is 0 Å². The van der Waals surface area contributed by atoms with Gasteiger partial charge in [0.15, 0.2) is 0 Å². The molecule has 0 radical (unpaired) electrons. The second-order valence-corrected chi connectivity index (χ2v) is 5.60. The van der Waals surface area contributed by atoms with Crippen molar-refractivity contribution in [1.82, 2.24) is 0 Å². The summed E-state index contributed by atoms with van der Waals surface area (Å²) in [7, 11) is 0. The molecule has 1 aromatic rings. The number of halogens is 1. The van der Waals surface area contributed by atoms with E-state index in [0.717, 1.165) is 43.4 Å². The second kappa shape index (κ2) is 9.91. The zero-order valence-electron chi connectivity index (χ0n) is 13.5. The maximum Gasteiger partial charge on any atom is 0.141 e. The van der Waals surface area contributed by atoms with Crippen molar-refractivity contribution in [3.8, 4) is 11.5 Å². The third kappa shape index (κ3) is 6.15. The number of aryl methyl sites for hydroxylation is 1. The van der Waals surface area contributed by atoms with Crippen molar-refractivity contribution >= 4 is 11.6 Å². The van der Waals surface area contributed by atoms with E-state index in [1.807, 2.05) is 26.0 Å². The maximum atomic E-state index is 6.27. The Kier molecular flexibility index (Phi) is 8.55. The van der Waals surface area contributed by atoms with Gasteiger partial charge in [0.25, 0.3) is 0 Å². The number of rotatable bonds is 10. The third-order valence-corrected chi connectivity index (χ3v) is 3.69. The molecule has 3 nitrogen and oxygen atoms in total. The van der Waals surface area contributed by atoms with Crippen molar-refractivity contribution in [2.45, 2.75) is 58.9 Å². The molecule has 21 heavy (non-hydrogen) atoms. The van der Waals surface area contributed by atoms with Gasteiger partial charge in [0.05, 0.1) is 18.2 Å². The molecule has 120 valence electrons. The van der Waals surface area contributed by atoms with Gasteiger partial charge >= 0.3 is 0 Å². The number of hydrogen-bond acceptors (Lipinski definition) is 3. The van der Waals surface area contributed by atoms with Crippen molar-refractivity contribution < 1.29 is 9.47 Å². The van der Waals surface area contributed by atoms with Crippen LogP contribution in [0.4, 0.5) is 0 Å². The lowest BCUT2D eigenvalue weighted by Crippen LogP contribution is -2.19. The predicted molar refractivity (Wildman–Crippen MR) is 89.6 cm³/mol. The van der Waals surface area contributed by atoms with Crippen LogP contribution >= 0.6 is 11.6 Å². The van der Waals surface area contributed by atoms with E-state index in [0.29, 0.717) is 30.0 Å². The van der Waals surface area contributed by atoms with Gasteiger partial charge in [-0.05, 0) is 51.2 Å². The maximum absolute atomic E-state index is 6.27. The minimum atomic E-state index is 0.295. The average molecular weight is 314 g/mol. The molecule has 0 aromatic heterocycles. The van der Waals surface area contributed by atoms with Crippen LogP contribution in [0.15, 0.2) is 12.1 Å². The van der Waals surface area contributed by atoms with Crippen LogP contribution < -0.4 is 15.2 Å². The standard InChI is InChI=1S/C17H28ClNO2/c1-4-8-14(19)10-7-9-13-11-15(18)17(21-6-3)12-16(13)20-5-2/h11-12,14H,4-10,19H2,1-3H3. The predicted octanol–water partition coefficient (Wildman–Crippen LogP) is 4.59. The van der Waals surface area contributed by atoms with E-state index in [9.17, 15) is 0 Å². The Morgan fingerprint density at radius 3 is 2.33 bits per heavy atom. The first kappa shape index (κ1) is 18.1. The molecule has 0 saturated carbocycles. The highest BCUT2D eigenvalue weighted by atomic mass is 35.5. The summed E-state index contributed by atoms with van der Waals surface area (Å²) in [5, 5.41) is 0.646. The molecular weight excluding hydrogens is 286 g/mol. The summed E-state index contributed by atoms with van der Waals surface area (Å²) >= 11 is 6.27. The number of ether oxygens (including phenoxy) is 2. The van der Waals surface area contributed by atoms with Crippen LogP contribution in [-0.2, 0) is 6.42 Å². The molecule has 0 bridgehead atoms. The molecule has 0 saturated heterocycles. The van der Waals surface area contributed by atoms with Gasteiger partial charge in [-0.1, -0.05) is 24.9 Å². The zero-order chi connectivity index (χ0) is 15.7. The third-order valence-electron chi connectivity index (χ3n) is 3.40. The van der Waals surface area contributed by atoms with E-state index in [1.54, 1.807) is 0 Å². The van der Waals surface area contributed by atoms with E-state index < -0.39 is 0 Å². The lowest BCUT2D eigenvalue weighted by atomic mass is 10.0. The van der Waals surface area contributed by atoms with E-state index >= 15 is 0 Å². The molecular formula is C17H28ClNO2. The fraction of sp³-hybridized carbons (Fsp3) is 0.647. The van der Waals surface area contributed by atoms with E-state index in [2.05, 4.69) is 6.92 Å². The lowest BCUT2D eigenvalue weighted by Gasteiger charge is -2.15. The Labute approximate surface area is 133 Å². The van der Waals surface area contributed by atoms with E-state index in [4.69, 9.17) is 26.8 Å². The van der Waals surface area contributed by atoms with Crippen molar-refractivity contribution in [3.05, 3.63) is 22.7 Å². The average Bonchev–Trinajstić information content (AvgIpc) is 2.44. The highest BCUT2D eigenvalue weighted by Crippen LogP contribution is 2.34. The first-order chi connectivity index (χ1) is 10.1. The Bertz CT molecular complexity index is 423. The van der Waals surface area contributed by atoms with Crippen molar-refractivity contribution in [2.75, 3.05) is 13.2 Å². The molecule has 0 heterocycles. The summed E-state index contributed by atoms with van der Waals surface area (Å²) in [5.74, 6) is 1.56. The van der Waals surface area contributed by atoms with Gasteiger partial charge in [-0.3, -0.25) is 0 Å². The molecule has 4 heteroatoms. The van der Waals surface area contributed by atoms with Gasteiger partial charge in [-0.25, -0.2) is 0 Å². The first-order valence-electron chi connectivity index (χ1n) is 7.95. The molecule has 1 rings (SSSR count). The summed E-state index contributed by atoms with van der Waals surface area (Å²) in [6, 6.07) is 4.16. The summed E-state index contributed by atoms with van der Waals surface area (Å²) in [4.78, 5) is 0. The number of benzene rings is 1. The fourth-order valence-corrected chi connectivity index (χ4v) is 2.64. The van der Waals surface area contributed by atoms with Crippen LogP contribution in [0.2, 0.25) is 5.02 Å². The summed E-state index contributed by atoms with van der Waals surface area (Å²) < 4.78 is 11.2. The van der Waals surface area contributed by atoms with Crippen LogP contribution in [0.5, 0.6) is 11.5 Å². The van der Waals surface area contributed by atoms with Crippen LogP contribution in [0, 0.1) is 0 Å². The van der Waals surface area contributed by atoms with Crippen molar-refractivity contribution in [2.24, 2.45) is 5.73 Å².